The number of benzene rings is 2. The molecule has 1 aliphatic heterocycles. The van der Waals surface area contributed by atoms with E-state index in [2.05, 4.69) is 10.3 Å². The molecule has 0 saturated heterocycles. The second kappa shape index (κ2) is 8.36. The minimum absolute atomic E-state index is 0.0368. The topological polar surface area (TPSA) is 88.6 Å². The van der Waals surface area contributed by atoms with Crippen molar-refractivity contribution in [2.45, 2.75) is 17.9 Å². The first kappa shape index (κ1) is 22.0. The zero-order chi connectivity index (χ0) is 23.0. The summed E-state index contributed by atoms with van der Waals surface area (Å²) >= 11 is 5.93. The normalized spacial score (nSPS) is 15.6. The molecule has 0 unspecified atom stereocenters. The quantitative estimate of drug-likeness (QED) is 0.604. The number of anilines is 2. The van der Waals surface area contributed by atoms with Gasteiger partial charge in [0, 0.05) is 0 Å². The van der Waals surface area contributed by atoms with Crippen molar-refractivity contribution in [3.05, 3.63) is 76.9 Å². The van der Waals surface area contributed by atoms with Crippen LogP contribution in [0.25, 0.3) is 0 Å². The van der Waals surface area contributed by atoms with Crippen molar-refractivity contribution in [2.24, 2.45) is 0 Å². The highest BCUT2D eigenvalue weighted by atomic mass is 35.5. The summed E-state index contributed by atoms with van der Waals surface area (Å²) in [6.45, 7) is 1.64. The zero-order valence-corrected chi connectivity index (χ0v) is 18.1. The van der Waals surface area contributed by atoms with E-state index in [1.54, 1.807) is 6.92 Å². The van der Waals surface area contributed by atoms with Crippen molar-refractivity contribution in [3.63, 3.8) is 0 Å². The van der Waals surface area contributed by atoms with Crippen LogP contribution in [0.3, 0.4) is 0 Å². The average Bonchev–Trinajstić information content (AvgIpc) is 2.73. The van der Waals surface area contributed by atoms with E-state index in [1.807, 2.05) is 0 Å². The van der Waals surface area contributed by atoms with Crippen molar-refractivity contribution in [1.82, 2.24) is 4.98 Å². The van der Waals surface area contributed by atoms with Crippen LogP contribution < -0.4 is 14.4 Å². The molecule has 4 rings (SSSR count). The number of halogens is 3. The molecular weight excluding hydrogens is 464 g/mol. The molecule has 1 N–H and O–H groups in total. The number of fused-ring (bicyclic) bond motifs is 1. The number of rotatable bonds is 4. The predicted molar refractivity (Wildman–Crippen MR) is 115 cm³/mol. The van der Waals surface area contributed by atoms with Crippen molar-refractivity contribution >= 4 is 38.9 Å². The highest BCUT2D eigenvalue weighted by molar-refractivity contribution is 7.92. The maximum absolute atomic E-state index is 14.1. The molecule has 0 aliphatic carbocycles. The second-order valence-corrected chi connectivity index (χ2v) is 9.29. The van der Waals surface area contributed by atoms with Gasteiger partial charge in [-0.3, -0.25) is 9.10 Å². The van der Waals surface area contributed by atoms with Crippen LogP contribution in [-0.4, -0.2) is 32.0 Å². The maximum atomic E-state index is 14.1. The fourth-order valence-corrected chi connectivity index (χ4v) is 4.99. The van der Waals surface area contributed by atoms with E-state index in [1.165, 1.54) is 24.4 Å². The Morgan fingerprint density at radius 2 is 1.94 bits per heavy atom. The lowest BCUT2D eigenvalue weighted by Gasteiger charge is -2.33. The molecular formula is C21H16ClF2N3O4S. The Balaban J connectivity index is 1.71. The summed E-state index contributed by atoms with van der Waals surface area (Å²) in [5.41, 5.74) is -0.178. The summed E-state index contributed by atoms with van der Waals surface area (Å²) in [6, 6.07) is 9.59. The molecule has 0 spiro atoms. The van der Waals surface area contributed by atoms with Gasteiger partial charge in [0.1, 0.15) is 23.4 Å². The standard InChI is InChI=1S/C21H16ClF2N3O4S/c1-12-11-27(32(29,30)15-7-5-13(23)6-8-15)18-9-14(10-25-21(18)31-12)26-20(28)19-16(22)3-2-4-17(19)24/h2-10,12H,11H2,1H3,(H,26,28)/t12-/m0/s1. The average molecular weight is 480 g/mol. The van der Waals surface area contributed by atoms with E-state index in [9.17, 15) is 22.0 Å². The summed E-state index contributed by atoms with van der Waals surface area (Å²) in [5, 5.41) is 2.39. The summed E-state index contributed by atoms with van der Waals surface area (Å²) in [6.07, 6.45) is 0.745. The molecule has 7 nitrogen and oxygen atoms in total. The van der Waals surface area contributed by atoms with E-state index in [0.717, 1.165) is 34.6 Å². The Labute approximate surface area is 187 Å². The van der Waals surface area contributed by atoms with Crippen LogP contribution in [0.2, 0.25) is 5.02 Å². The van der Waals surface area contributed by atoms with E-state index >= 15 is 0 Å². The third-order valence-corrected chi connectivity index (χ3v) is 6.79. The van der Waals surface area contributed by atoms with Crippen LogP contribution in [0, 0.1) is 11.6 Å². The predicted octanol–water partition coefficient (Wildman–Crippen LogP) is 4.24. The van der Waals surface area contributed by atoms with Crippen LogP contribution in [0.5, 0.6) is 5.88 Å². The Bertz CT molecular complexity index is 1280. The number of aromatic nitrogens is 1. The van der Waals surface area contributed by atoms with E-state index in [-0.39, 0.29) is 39.3 Å². The SMILES string of the molecule is C[C@H]1CN(S(=O)(=O)c2ccc(F)cc2)c2cc(NC(=O)c3c(F)cccc3Cl)cnc2O1. The first-order chi connectivity index (χ1) is 15.2. The molecule has 11 heteroatoms. The second-order valence-electron chi connectivity index (χ2n) is 7.02. The lowest BCUT2D eigenvalue weighted by Crippen LogP contribution is -2.42. The van der Waals surface area contributed by atoms with Crippen LogP contribution in [-0.2, 0) is 10.0 Å². The van der Waals surface area contributed by atoms with Gasteiger partial charge in [0.2, 0.25) is 5.88 Å². The van der Waals surface area contributed by atoms with Gasteiger partial charge in [-0.05, 0) is 49.4 Å². The molecule has 1 aliphatic rings. The molecule has 2 aromatic carbocycles. The number of sulfonamides is 1. The van der Waals surface area contributed by atoms with Crippen molar-refractivity contribution < 1.29 is 26.7 Å². The largest absolute Gasteiger partial charge is 0.471 e. The fourth-order valence-electron chi connectivity index (χ4n) is 3.21. The van der Waals surface area contributed by atoms with Gasteiger partial charge >= 0.3 is 0 Å². The lowest BCUT2D eigenvalue weighted by molar-refractivity contribution is 0.102. The van der Waals surface area contributed by atoms with E-state index in [0.29, 0.717) is 0 Å². The van der Waals surface area contributed by atoms with Crippen LogP contribution in [0.1, 0.15) is 17.3 Å². The minimum Gasteiger partial charge on any atom is -0.471 e. The van der Waals surface area contributed by atoms with E-state index in [4.69, 9.17) is 16.3 Å². The van der Waals surface area contributed by atoms with Gasteiger partial charge in [0.05, 0.1) is 33.9 Å². The summed E-state index contributed by atoms with van der Waals surface area (Å²) in [4.78, 5) is 16.5. The number of pyridine rings is 1. The van der Waals surface area contributed by atoms with Crippen molar-refractivity contribution in [3.8, 4) is 5.88 Å². The molecule has 0 radical (unpaired) electrons. The molecule has 2 heterocycles. The Morgan fingerprint density at radius 1 is 1.22 bits per heavy atom. The Hall–Kier alpha value is -3.24. The van der Waals surface area contributed by atoms with Crippen molar-refractivity contribution in [2.75, 3.05) is 16.2 Å². The number of amides is 1. The van der Waals surface area contributed by atoms with Gasteiger partial charge in [0.15, 0.2) is 0 Å². The summed E-state index contributed by atoms with van der Waals surface area (Å²) < 4.78 is 60.5. The first-order valence-electron chi connectivity index (χ1n) is 9.37. The third-order valence-electron chi connectivity index (χ3n) is 4.69. The Morgan fingerprint density at radius 3 is 2.62 bits per heavy atom. The van der Waals surface area contributed by atoms with Crippen molar-refractivity contribution in [1.29, 1.82) is 0 Å². The number of nitrogens with zero attached hydrogens (tertiary/aromatic N) is 2. The number of hydrogen-bond acceptors (Lipinski definition) is 5. The van der Waals surface area contributed by atoms with Gasteiger partial charge in [0.25, 0.3) is 15.9 Å². The molecule has 166 valence electrons. The van der Waals surface area contributed by atoms with Gasteiger partial charge < -0.3 is 10.1 Å². The maximum Gasteiger partial charge on any atom is 0.264 e. The molecule has 0 saturated carbocycles. The van der Waals surface area contributed by atoms with Crippen LogP contribution >= 0.6 is 11.6 Å². The fraction of sp³-hybridized carbons (Fsp3) is 0.143. The monoisotopic (exact) mass is 479 g/mol. The minimum atomic E-state index is -4.08. The van der Waals surface area contributed by atoms with Gasteiger partial charge in [-0.15, -0.1) is 0 Å². The van der Waals surface area contributed by atoms with Gasteiger partial charge in [-0.2, -0.15) is 0 Å². The first-order valence-corrected chi connectivity index (χ1v) is 11.2. The lowest BCUT2D eigenvalue weighted by atomic mass is 10.2. The van der Waals surface area contributed by atoms with Crippen LogP contribution in [0.4, 0.5) is 20.2 Å². The molecule has 0 bridgehead atoms. The molecule has 32 heavy (non-hydrogen) atoms. The summed E-state index contributed by atoms with van der Waals surface area (Å²) in [5.74, 6) is -2.17. The molecule has 3 aromatic rings. The van der Waals surface area contributed by atoms with Gasteiger partial charge in [-0.25, -0.2) is 22.2 Å². The summed E-state index contributed by atoms with van der Waals surface area (Å²) in [7, 11) is -4.08. The number of nitrogens with one attached hydrogen (secondary N) is 1. The smallest absolute Gasteiger partial charge is 0.264 e. The van der Waals surface area contributed by atoms with E-state index < -0.39 is 33.7 Å². The molecule has 0 fully saturated rings. The highest BCUT2D eigenvalue weighted by Crippen LogP contribution is 2.37. The molecule has 1 amide bonds. The number of ether oxygens (including phenoxy) is 1. The zero-order valence-electron chi connectivity index (χ0n) is 16.6. The number of carbonyl (C=O) groups is 1. The third kappa shape index (κ3) is 4.11. The van der Waals surface area contributed by atoms with Gasteiger partial charge in [-0.1, -0.05) is 17.7 Å². The van der Waals surface area contributed by atoms with Crippen LogP contribution in [0.15, 0.2) is 59.6 Å². The number of hydrogen-bond donors (Lipinski definition) is 1. The molecule has 1 aromatic heterocycles. The number of carbonyl (C=O) groups excluding carboxylic acids is 1. The Kier molecular flexibility index (Phi) is 5.74. The molecule has 1 atom stereocenters. The highest BCUT2D eigenvalue weighted by Gasteiger charge is 2.34.